The molecule has 0 N–H and O–H groups in total. The number of hydrogen-bond donors (Lipinski definition) is 0. The monoisotopic (exact) mass is 417 g/mol. The topological polar surface area (TPSA) is 37.7 Å². The minimum absolute atomic E-state index is 0.158. The molecule has 2 aliphatic heterocycles. The van der Waals surface area contributed by atoms with E-state index in [4.69, 9.17) is 4.74 Å². The summed E-state index contributed by atoms with van der Waals surface area (Å²) in [4.78, 5) is 17.8. The van der Waals surface area contributed by atoms with Gasteiger partial charge in [0.2, 0.25) is 0 Å². The molecule has 4 rings (SSSR count). The lowest BCUT2D eigenvalue weighted by Crippen LogP contribution is -2.44. The maximum atomic E-state index is 14.5. The van der Waals surface area contributed by atoms with Gasteiger partial charge in [0, 0.05) is 69.2 Å². The van der Waals surface area contributed by atoms with Gasteiger partial charge in [-0.25, -0.2) is 8.78 Å². The van der Waals surface area contributed by atoms with E-state index >= 15 is 0 Å². The van der Waals surface area contributed by atoms with Crippen molar-refractivity contribution in [1.82, 2.24) is 14.4 Å². The van der Waals surface area contributed by atoms with Gasteiger partial charge < -0.3 is 14.2 Å². The fraction of sp³-hybridized carbons (Fsp3) is 0.522. The number of hydrogen-bond acceptors (Lipinski definition) is 4. The molecule has 7 heteroatoms. The van der Waals surface area contributed by atoms with Gasteiger partial charge in [-0.05, 0) is 50.7 Å². The Morgan fingerprint density at radius 3 is 2.60 bits per heavy atom. The van der Waals surface area contributed by atoms with Crippen molar-refractivity contribution in [3.63, 3.8) is 0 Å². The van der Waals surface area contributed by atoms with Crippen LogP contribution in [0.1, 0.15) is 24.1 Å². The largest absolute Gasteiger partial charge is 0.381 e. The predicted octanol–water partition coefficient (Wildman–Crippen LogP) is 2.89. The third kappa shape index (κ3) is 4.33. The zero-order chi connectivity index (χ0) is 21.3. The molecule has 0 saturated carbocycles. The Bertz CT molecular complexity index is 968. The van der Waals surface area contributed by atoms with E-state index in [-0.39, 0.29) is 11.1 Å². The van der Waals surface area contributed by atoms with E-state index < -0.39 is 11.6 Å². The second-order valence-corrected chi connectivity index (χ2v) is 8.48. The molecule has 1 saturated heterocycles. The van der Waals surface area contributed by atoms with E-state index in [1.54, 1.807) is 4.57 Å². The van der Waals surface area contributed by atoms with Crippen molar-refractivity contribution in [2.45, 2.75) is 38.4 Å². The Kier molecular flexibility index (Phi) is 6.32. The number of halogens is 2. The summed E-state index contributed by atoms with van der Waals surface area (Å²) in [6.07, 6.45) is 2.81. The second kappa shape index (κ2) is 8.96. The molecule has 1 aromatic carbocycles. The van der Waals surface area contributed by atoms with Gasteiger partial charge in [-0.3, -0.25) is 9.69 Å². The van der Waals surface area contributed by atoms with Crippen molar-refractivity contribution in [1.29, 1.82) is 0 Å². The van der Waals surface area contributed by atoms with Crippen molar-refractivity contribution in [2.75, 3.05) is 40.4 Å². The molecule has 2 aliphatic rings. The summed E-state index contributed by atoms with van der Waals surface area (Å²) in [5, 5.41) is 0. The highest BCUT2D eigenvalue weighted by Gasteiger charge is 2.28. The number of rotatable bonds is 5. The summed E-state index contributed by atoms with van der Waals surface area (Å²) in [6, 6.07) is 5.71. The van der Waals surface area contributed by atoms with E-state index in [0.717, 1.165) is 62.9 Å². The molecule has 0 bridgehead atoms. The van der Waals surface area contributed by atoms with Crippen molar-refractivity contribution in [3.8, 4) is 11.1 Å². The van der Waals surface area contributed by atoms with Crippen molar-refractivity contribution < 1.29 is 13.5 Å². The highest BCUT2D eigenvalue weighted by molar-refractivity contribution is 5.64. The number of likely N-dealkylation sites (N-methyl/N-ethyl adjacent to an activating group) is 1. The number of fused-ring (bicyclic) bond motifs is 1. The van der Waals surface area contributed by atoms with Gasteiger partial charge in [0.1, 0.15) is 11.6 Å². The molecule has 0 amide bonds. The molecule has 5 nitrogen and oxygen atoms in total. The van der Waals surface area contributed by atoms with Gasteiger partial charge in [-0.1, -0.05) is 0 Å². The number of benzene rings is 1. The van der Waals surface area contributed by atoms with Gasteiger partial charge >= 0.3 is 0 Å². The summed E-state index contributed by atoms with van der Waals surface area (Å²) in [7, 11) is 3.93. The van der Waals surface area contributed by atoms with Crippen LogP contribution in [0, 0.1) is 11.6 Å². The Morgan fingerprint density at radius 2 is 1.90 bits per heavy atom. The minimum atomic E-state index is -0.705. The zero-order valence-corrected chi connectivity index (χ0v) is 17.7. The first kappa shape index (κ1) is 21.2. The summed E-state index contributed by atoms with van der Waals surface area (Å²) in [5.41, 5.74) is 2.35. The number of nitrogens with zero attached hydrogens (tertiary/aromatic N) is 3. The molecule has 0 radical (unpaired) electrons. The molecular weight excluding hydrogens is 388 g/mol. The summed E-state index contributed by atoms with van der Waals surface area (Å²) >= 11 is 0. The summed E-state index contributed by atoms with van der Waals surface area (Å²) in [5.74, 6) is -1.35. The van der Waals surface area contributed by atoms with E-state index in [1.807, 2.05) is 25.1 Å². The zero-order valence-electron chi connectivity index (χ0n) is 17.7. The van der Waals surface area contributed by atoms with Gasteiger partial charge in [-0.2, -0.15) is 0 Å². The van der Waals surface area contributed by atoms with E-state index in [9.17, 15) is 13.6 Å². The minimum Gasteiger partial charge on any atom is -0.381 e. The molecule has 0 atom stereocenters. The van der Waals surface area contributed by atoms with Crippen molar-refractivity contribution in [3.05, 3.63) is 57.5 Å². The van der Waals surface area contributed by atoms with Crippen molar-refractivity contribution in [2.24, 2.45) is 0 Å². The second-order valence-electron chi connectivity index (χ2n) is 8.48. The molecule has 162 valence electrons. The molecule has 1 fully saturated rings. The first-order valence-corrected chi connectivity index (χ1v) is 10.6. The lowest BCUT2D eigenvalue weighted by atomic mass is 9.96. The van der Waals surface area contributed by atoms with Crippen molar-refractivity contribution >= 4 is 0 Å². The molecule has 3 heterocycles. The molecule has 2 aromatic rings. The molecule has 30 heavy (non-hydrogen) atoms. The fourth-order valence-corrected chi connectivity index (χ4v) is 4.54. The van der Waals surface area contributed by atoms with Crippen LogP contribution in [0.25, 0.3) is 11.1 Å². The quantitative estimate of drug-likeness (QED) is 0.750. The standard InChI is InChI=1S/C23H29F2N3O2/c1-26(2)9-10-28-22-5-8-27(18-6-11-30-12-7-18)15-16(22)13-20(23(28)29)19-4-3-17(24)14-21(19)25/h3-4,13-14,18H,5-12,15H2,1-2H3. The van der Waals surface area contributed by atoms with Crippen LogP contribution in [0.15, 0.2) is 29.1 Å². The first-order valence-electron chi connectivity index (χ1n) is 10.6. The van der Waals surface area contributed by atoms with E-state index in [0.29, 0.717) is 24.7 Å². The van der Waals surface area contributed by atoms with Crippen LogP contribution in [0.3, 0.4) is 0 Å². The fourth-order valence-electron chi connectivity index (χ4n) is 4.54. The van der Waals surface area contributed by atoms with Crippen LogP contribution in [0.5, 0.6) is 0 Å². The third-order valence-corrected chi connectivity index (χ3v) is 6.20. The Morgan fingerprint density at radius 1 is 1.13 bits per heavy atom. The Hall–Kier alpha value is -2.09. The first-order chi connectivity index (χ1) is 14.4. The van der Waals surface area contributed by atoms with Gasteiger partial charge in [0.05, 0.1) is 5.56 Å². The van der Waals surface area contributed by atoms with Gasteiger partial charge in [0.25, 0.3) is 5.56 Å². The van der Waals surface area contributed by atoms with Crippen LogP contribution in [0.2, 0.25) is 0 Å². The van der Waals surface area contributed by atoms with Gasteiger partial charge in [0.15, 0.2) is 0 Å². The molecule has 1 aromatic heterocycles. The normalized spacial score (nSPS) is 18.0. The third-order valence-electron chi connectivity index (χ3n) is 6.20. The predicted molar refractivity (Wildman–Crippen MR) is 113 cm³/mol. The van der Waals surface area contributed by atoms with Crippen LogP contribution in [-0.4, -0.2) is 60.8 Å². The molecule has 0 unspecified atom stereocenters. The average molecular weight is 418 g/mol. The maximum absolute atomic E-state index is 14.5. The number of pyridine rings is 1. The van der Waals surface area contributed by atoms with E-state index in [1.165, 1.54) is 12.1 Å². The van der Waals surface area contributed by atoms with Crippen LogP contribution in [-0.2, 0) is 24.2 Å². The Balaban J connectivity index is 1.76. The lowest BCUT2D eigenvalue weighted by molar-refractivity contribution is 0.0285. The average Bonchev–Trinajstić information content (AvgIpc) is 2.73. The van der Waals surface area contributed by atoms with E-state index in [2.05, 4.69) is 4.90 Å². The Labute approximate surface area is 175 Å². The summed E-state index contributed by atoms with van der Waals surface area (Å²) < 4.78 is 35.3. The SMILES string of the molecule is CN(C)CCn1c2c(cc(-c3ccc(F)cc3F)c1=O)CN(C1CCOCC1)CC2. The van der Waals surface area contributed by atoms with Crippen LogP contribution >= 0.6 is 0 Å². The van der Waals surface area contributed by atoms with Crippen LogP contribution in [0.4, 0.5) is 8.78 Å². The molecular formula is C23H29F2N3O2. The smallest absolute Gasteiger partial charge is 0.258 e. The number of aromatic nitrogens is 1. The molecule has 0 spiro atoms. The molecule has 0 aliphatic carbocycles. The highest BCUT2D eigenvalue weighted by atomic mass is 19.1. The number of ether oxygens (including phenoxy) is 1. The maximum Gasteiger partial charge on any atom is 0.258 e. The van der Waals surface area contributed by atoms with Crippen LogP contribution < -0.4 is 5.56 Å². The summed E-state index contributed by atoms with van der Waals surface area (Å²) in [6.45, 7) is 4.46. The highest BCUT2D eigenvalue weighted by Crippen LogP contribution is 2.28. The lowest BCUT2D eigenvalue weighted by Gasteiger charge is -2.38. The van der Waals surface area contributed by atoms with Gasteiger partial charge in [-0.15, -0.1) is 0 Å².